The number of piperidine rings is 1. The number of rotatable bonds is 7. The molecule has 116 valence electrons. The highest BCUT2D eigenvalue weighted by molar-refractivity contribution is 5.76. The number of nitrogens with two attached hydrogens (primary N) is 1. The molecule has 1 amide bonds. The van der Waals surface area contributed by atoms with Crippen LogP contribution in [0.2, 0.25) is 0 Å². The van der Waals surface area contributed by atoms with E-state index >= 15 is 0 Å². The molecule has 1 saturated heterocycles. The summed E-state index contributed by atoms with van der Waals surface area (Å²) in [6, 6.07) is 7.73. The van der Waals surface area contributed by atoms with E-state index in [1.165, 1.54) is 32.4 Å². The van der Waals surface area contributed by atoms with Gasteiger partial charge in [0.15, 0.2) is 0 Å². The number of hydrogen-bond acceptors (Lipinski definition) is 3. The minimum atomic E-state index is 0.144. The second-order valence-corrected chi connectivity index (χ2v) is 5.85. The van der Waals surface area contributed by atoms with Crippen LogP contribution < -0.4 is 11.1 Å². The molecule has 0 atom stereocenters. The number of amides is 1. The van der Waals surface area contributed by atoms with Gasteiger partial charge in [-0.2, -0.15) is 0 Å². The molecule has 1 aromatic carbocycles. The predicted octanol–water partition coefficient (Wildman–Crippen LogP) is 2.19. The molecule has 1 heterocycles. The molecule has 3 N–H and O–H groups in total. The molecule has 1 fully saturated rings. The number of carbonyl (C=O) groups excluding carboxylic acids is 1. The maximum Gasteiger partial charge on any atom is 0.220 e. The van der Waals surface area contributed by atoms with Gasteiger partial charge in [-0.15, -0.1) is 0 Å². The SMILES string of the molecule is Nc1ccc(CCC(=O)NCCCN2CCCCC2)cc1. The minimum Gasteiger partial charge on any atom is -0.399 e. The van der Waals surface area contributed by atoms with Gasteiger partial charge < -0.3 is 16.0 Å². The summed E-state index contributed by atoms with van der Waals surface area (Å²) < 4.78 is 0. The summed E-state index contributed by atoms with van der Waals surface area (Å²) in [5, 5.41) is 3.01. The predicted molar refractivity (Wildman–Crippen MR) is 87.1 cm³/mol. The second-order valence-electron chi connectivity index (χ2n) is 5.85. The molecule has 1 aromatic rings. The number of anilines is 1. The van der Waals surface area contributed by atoms with Crippen LogP contribution in [0.4, 0.5) is 5.69 Å². The van der Waals surface area contributed by atoms with E-state index in [9.17, 15) is 4.79 Å². The molecule has 1 aliphatic heterocycles. The van der Waals surface area contributed by atoms with E-state index in [0.717, 1.165) is 37.2 Å². The zero-order valence-electron chi connectivity index (χ0n) is 12.8. The Bertz CT molecular complexity index is 424. The van der Waals surface area contributed by atoms with Crippen molar-refractivity contribution in [3.8, 4) is 0 Å². The fourth-order valence-electron chi connectivity index (χ4n) is 2.74. The van der Waals surface area contributed by atoms with Crippen molar-refractivity contribution >= 4 is 11.6 Å². The van der Waals surface area contributed by atoms with E-state index in [4.69, 9.17) is 5.73 Å². The van der Waals surface area contributed by atoms with Gasteiger partial charge in [-0.3, -0.25) is 4.79 Å². The molecule has 4 nitrogen and oxygen atoms in total. The van der Waals surface area contributed by atoms with E-state index < -0.39 is 0 Å². The Morgan fingerprint density at radius 2 is 1.86 bits per heavy atom. The van der Waals surface area contributed by atoms with Crippen LogP contribution in [0.1, 0.15) is 37.7 Å². The lowest BCUT2D eigenvalue weighted by Crippen LogP contribution is -2.33. The van der Waals surface area contributed by atoms with Crippen molar-refractivity contribution < 1.29 is 4.79 Å². The van der Waals surface area contributed by atoms with Crippen LogP contribution in [0, 0.1) is 0 Å². The fourth-order valence-corrected chi connectivity index (χ4v) is 2.74. The Balaban J connectivity index is 1.54. The molecule has 0 saturated carbocycles. The molecule has 0 unspecified atom stereocenters. The first kappa shape index (κ1) is 15.8. The van der Waals surface area contributed by atoms with Gasteiger partial charge in [0.2, 0.25) is 5.91 Å². The van der Waals surface area contributed by atoms with E-state index in [1.54, 1.807) is 0 Å². The van der Waals surface area contributed by atoms with Crippen molar-refractivity contribution in [2.45, 2.75) is 38.5 Å². The van der Waals surface area contributed by atoms with Gasteiger partial charge in [0.05, 0.1) is 0 Å². The second kappa shape index (κ2) is 8.67. The largest absolute Gasteiger partial charge is 0.399 e. The summed E-state index contributed by atoms with van der Waals surface area (Å²) in [7, 11) is 0. The highest BCUT2D eigenvalue weighted by Gasteiger charge is 2.09. The van der Waals surface area contributed by atoms with Crippen molar-refractivity contribution in [2.75, 3.05) is 31.9 Å². The zero-order chi connectivity index (χ0) is 14.9. The van der Waals surface area contributed by atoms with Crippen LogP contribution in [-0.2, 0) is 11.2 Å². The molecule has 21 heavy (non-hydrogen) atoms. The summed E-state index contributed by atoms with van der Waals surface area (Å²) in [6.45, 7) is 4.35. The standard InChI is InChI=1S/C17H27N3O/c18-16-8-5-15(6-9-16)7-10-17(21)19-11-4-14-20-12-2-1-3-13-20/h5-6,8-9H,1-4,7,10-14,18H2,(H,19,21). The van der Waals surface area contributed by atoms with Gasteiger partial charge >= 0.3 is 0 Å². The first-order valence-corrected chi connectivity index (χ1v) is 8.07. The highest BCUT2D eigenvalue weighted by Crippen LogP contribution is 2.09. The number of likely N-dealkylation sites (tertiary alicyclic amines) is 1. The maximum atomic E-state index is 11.8. The first-order valence-electron chi connectivity index (χ1n) is 8.07. The third kappa shape index (κ3) is 6.17. The molecule has 4 heteroatoms. The average Bonchev–Trinajstić information content (AvgIpc) is 2.52. The van der Waals surface area contributed by atoms with Crippen molar-refractivity contribution in [2.24, 2.45) is 0 Å². The van der Waals surface area contributed by atoms with Crippen LogP contribution in [0.25, 0.3) is 0 Å². The number of nitrogens with one attached hydrogen (secondary N) is 1. The monoisotopic (exact) mass is 289 g/mol. The molecular formula is C17H27N3O. The molecule has 0 spiro atoms. The number of hydrogen-bond donors (Lipinski definition) is 2. The van der Waals surface area contributed by atoms with Crippen molar-refractivity contribution in [3.05, 3.63) is 29.8 Å². The van der Waals surface area contributed by atoms with Gasteiger partial charge in [0.1, 0.15) is 0 Å². The summed E-state index contributed by atoms with van der Waals surface area (Å²) in [6.07, 6.45) is 6.40. The van der Waals surface area contributed by atoms with Crippen LogP contribution in [0.5, 0.6) is 0 Å². The summed E-state index contributed by atoms with van der Waals surface area (Å²) in [5.74, 6) is 0.144. The Kier molecular flexibility index (Phi) is 6.54. The highest BCUT2D eigenvalue weighted by atomic mass is 16.1. The quantitative estimate of drug-likeness (QED) is 0.597. The summed E-state index contributed by atoms with van der Waals surface area (Å²) >= 11 is 0. The topological polar surface area (TPSA) is 58.4 Å². The summed E-state index contributed by atoms with van der Waals surface area (Å²) in [4.78, 5) is 14.3. The van der Waals surface area contributed by atoms with E-state index in [0.29, 0.717) is 6.42 Å². The maximum absolute atomic E-state index is 11.8. The normalized spacial score (nSPS) is 15.8. The number of nitrogens with zero attached hydrogens (tertiary/aromatic N) is 1. The van der Waals surface area contributed by atoms with Crippen LogP contribution in [-0.4, -0.2) is 37.0 Å². The Morgan fingerprint density at radius 3 is 2.57 bits per heavy atom. The molecule has 0 bridgehead atoms. The van der Waals surface area contributed by atoms with Crippen LogP contribution in [0.15, 0.2) is 24.3 Å². The summed E-state index contributed by atoms with van der Waals surface area (Å²) in [5.41, 5.74) is 7.57. The van der Waals surface area contributed by atoms with E-state index in [2.05, 4.69) is 10.2 Å². The average molecular weight is 289 g/mol. The Labute approximate surface area is 127 Å². The first-order chi connectivity index (χ1) is 10.2. The van der Waals surface area contributed by atoms with Crippen molar-refractivity contribution in [1.82, 2.24) is 10.2 Å². The minimum absolute atomic E-state index is 0.144. The molecule has 0 aliphatic carbocycles. The number of benzene rings is 1. The lowest BCUT2D eigenvalue weighted by Gasteiger charge is -2.26. The smallest absolute Gasteiger partial charge is 0.220 e. The molecule has 1 aliphatic rings. The van der Waals surface area contributed by atoms with Gasteiger partial charge in [-0.05, 0) is 63.0 Å². The third-order valence-electron chi connectivity index (χ3n) is 4.04. The molecule has 0 aromatic heterocycles. The Hall–Kier alpha value is -1.55. The number of nitrogen functional groups attached to an aromatic ring is 1. The van der Waals surface area contributed by atoms with Gasteiger partial charge in [-0.25, -0.2) is 0 Å². The van der Waals surface area contributed by atoms with Crippen molar-refractivity contribution in [3.63, 3.8) is 0 Å². The van der Waals surface area contributed by atoms with Crippen LogP contribution >= 0.6 is 0 Å². The third-order valence-corrected chi connectivity index (χ3v) is 4.04. The van der Waals surface area contributed by atoms with Gasteiger partial charge in [-0.1, -0.05) is 18.6 Å². The Morgan fingerprint density at radius 1 is 1.14 bits per heavy atom. The van der Waals surface area contributed by atoms with Crippen LogP contribution in [0.3, 0.4) is 0 Å². The fraction of sp³-hybridized carbons (Fsp3) is 0.588. The van der Waals surface area contributed by atoms with Crippen molar-refractivity contribution in [1.29, 1.82) is 0 Å². The van der Waals surface area contributed by atoms with Gasteiger partial charge in [0, 0.05) is 18.7 Å². The number of carbonyl (C=O) groups is 1. The molecule has 0 radical (unpaired) electrons. The van der Waals surface area contributed by atoms with Gasteiger partial charge in [0.25, 0.3) is 0 Å². The van der Waals surface area contributed by atoms with E-state index in [1.807, 2.05) is 24.3 Å². The molecular weight excluding hydrogens is 262 g/mol. The molecule has 2 rings (SSSR count). The zero-order valence-corrected chi connectivity index (χ0v) is 12.8. The lowest BCUT2D eigenvalue weighted by molar-refractivity contribution is -0.121. The lowest BCUT2D eigenvalue weighted by atomic mass is 10.1. The number of aryl methyl sites for hydroxylation is 1. The van der Waals surface area contributed by atoms with E-state index in [-0.39, 0.29) is 5.91 Å².